The molecule has 2 rings (SSSR count). The van der Waals surface area contributed by atoms with Crippen molar-refractivity contribution in [3.8, 4) is 0 Å². The van der Waals surface area contributed by atoms with Crippen molar-refractivity contribution in [1.82, 2.24) is 5.43 Å². The first kappa shape index (κ1) is 15.2. The Morgan fingerprint density at radius 3 is 2.84 bits per heavy atom. The summed E-state index contributed by atoms with van der Waals surface area (Å²) in [4.78, 5) is 0. The van der Waals surface area contributed by atoms with Crippen LogP contribution in [0, 0.1) is 5.92 Å². The molecule has 19 heavy (non-hydrogen) atoms. The van der Waals surface area contributed by atoms with Gasteiger partial charge >= 0.3 is 0 Å². The Morgan fingerprint density at radius 2 is 2.16 bits per heavy atom. The Hall–Kier alpha value is -0.200. The van der Waals surface area contributed by atoms with Crippen molar-refractivity contribution in [1.29, 1.82) is 0 Å². The zero-order chi connectivity index (χ0) is 13.6. The number of nitrogens with two attached hydrogens (primary N) is 1. The number of rotatable bonds is 7. The normalized spacial score (nSPS) is 27.8. The molecule has 1 saturated heterocycles. The van der Waals surface area contributed by atoms with Gasteiger partial charge in [0.15, 0.2) is 0 Å². The number of nitrogens with one attached hydrogen (secondary N) is 1. The molecule has 2 atom stereocenters. The molecule has 0 aromatic carbocycles. The zero-order valence-electron chi connectivity index (χ0n) is 12.0. The van der Waals surface area contributed by atoms with Crippen molar-refractivity contribution >= 4 is 0 Å². The summed E-state index contributed by atoms with van der Waals surface area (Å²) in [5.74, 6) is 6.26. The van der Waals surface area contributed by atoms with Gasteiger partial charge < -0.3 is 14.2 Å². The predicted molar refractivity (Wildman–Crippen MR) is 73.7 cm³/mol. The molecule has 5 nitrogen and oxygen atoms in total. The van der Waals surface area contributed by atoms with Crippen LogP contribution in [-0.2, 0) is 14.2 Å². The van der Waals surface area contributed by atoms with Gasteiger partial charge in [-0.1, -0.05) is 12.8 Å². The Kier molecular flexibility index (Phi) is 6.04. The van der Waals surface area contributed by atoms with Gasteiger partial charge in [-0.05, 0) is 31.6 Å². The summed E-state index contributed by atoms with van der Waals surface area (Å²) >= 11 is 0. The van der Waals surface area contributed by atoms with Crippen molar-refractivity contribution in [3.05, 3.63) is 0 Å². The summed E-state index contributed by atoms with van der Waals surface area (Å²) in [6.45, 7) is 2.78. The molecule has 2 aliphatic rings. The average molecular weight is 272 g/mol. The lowest BCUT2D eigenvalue weighted by Gasteiger charge is -2.41. The molecule has 0 aromatic heterocycles. The van der Waals surface area contributed by atoms with Crippen LogP contribution < -0.4 is 11.3 Å². The second kappa shape index (κ2) is 7.55. The van der Waals surface area contributed by atoms with Crippen LogP contribution in [0.5, 0.6) is 0 Å². The Bertz CT molecular complexity index is 257. The first-order valence-electron chi connectivity index (χ1n) is 7.46. The average Bonchev–Trinajstić information content (AvgIpc) is 2.87. The first-order valence-corrected chi connectivity index (χ1v) is 7.46. The molecule has 5 heteroatoms. The third kappa shape index (κ3) is 4.13. The Morgan fingerprint density at radius 1 is 1.37 bits per heavy atom. The van der Waals surface area contributed by atoms with E-state index in [1.54, 1.807) is 7.11 Å². The van der Waals surface area contributed by atoms with E-state index in [1.807, 2.05) is 0 Å². The van der Waals surface area contributed by atoms with E-state index in [4.69, 9.17) is 20.1 Å². The van der Waals surface area contributed by atoms with Crippen LogP contribution in [0.1, 0.15) is 38.5 Å². The van der Waals surface area contributed by atoms with E-state index in [9.17, 15) is 0 Å². The van der Waals surface area contributed by atoms with Crippen LogP contribution in [0.3, 0.4) is 0 Å². The van der Waals surface area contributed by atoms with E-state index in [0.717, 1.165) is 19.4 Å². The van der Waals surface area contributed by atoms with Gasteiger partial charge in [-0.15, -0.1) is 0 Å². The van der Waals surface area contributed by atoms with Crippen molar-refractivity contribution in [2.24, 2.45) is 11.8 Å². The van der Waals surface area contributed by atoms with Gasteiger partial charge in [0.1, 0.15) is 0 Å². The molecule has 0 aromatic rings. The Labute approximate surface area is 116 Å². The molecule has 1 heterocycles. The monoisotopic (exact) mass is 272 g/mol. The number of ether oxygens (including phenoxy) is 3. The van der Waals surface area contributed by atoms with Crippen LogP contribution in [0.2, 0.25) is 0 Å². The zero-order valence-corrected chi connectivity index (χ0v) is 12.0. The van der Waals surface area contributed by atoms with Crippen molar-refractivity contribution < 1.29 is 14.2 Å². The van der Waals surface area contributed by atoms with E-state index in [2.05, 4.69) is 5.43 Å². The summed E-state index contributed by atoms with van der Waals surface area (Å²) in [6, 6.07) is 0.221. The molecule has 2 unspecified atom stereocenters. The fourth-order valence-electron chi connectivity index (χ4n) is 3.45. The third-order valence-corrected chi connectivity index (χ3v) is 4.56. The lowest BCUT2D eigenvalue weighted by atomic mass is 9.81. The van der Waals surface area contributed by atoms with Gasteiger partial charge in [0, 0.05) is 19.8 Å². The van der Waals surface area contributed by atoms with Gasteiger partial charge in [0.25, 0.3) is 0 Å². The summed E-state index contributed by atoms with van der Waals surface area (Å²) in [5, 5.41) is 0. The summed E-state index contributed by atoms with van der Waals surface area (Å²) in [7, 11) is 1.68. The fraction of sp³-hybridized carbons (Fsp3) is 1.00. The second-order valence-electron chi connectivity index (χ2n) is 5.83. The summed E-state index contributed by atoms with van der Waals surface area (Å²) < 4.78 is 16.7. The highest BCUT2D eigenvalue weighted by Gasteiger charge is 2.41. The smallest absolute Gasteiger partial charge is 0.0701 e. The lowest BCUT2D eigenvalue weighted by molar-refractivity contribution is -0.102. The number of hydrazine groups is 1. The molecule has 0 radical (unpaired) electrons. The highest BCUT2D eigenvalue weighted by Crippen LogP contribution is 2.42. The van der Waals surface area contributed by atoms with Crippen molar-refractivity contribution in [3.63, 3.8) is 0 Å². The molecule has 1 aliphatic heterocycles. The van der Waals surface area contributed by atoms with Crippen molar-refractivity contribution in [2.75, 3.05) is 33.5 Å². The number of hydrogen-bond acceptors (Lipinski definition) is 5. The molecule has 0 amide bonds. The minimum atomic E-state index is 0.143. The molecular weight excluding hydrogens is 244 g/mol. The van der Waals surface area contributed by atoms with E-state index in [-0.39, 0.29) is 11.6 Å². The summed E-state index contributed by atoms with van der Waals surface area (Å²) in [5.41, 5.74) is 3.08. The van der Waals surface area contributed by atoms with Gasteiger partial charge in [-0.2, -0.15) is 0 Å². The van der Waals surface area contributed by atoms with Gasteiger partial charge in [0.2, 0.25) is 0 Å². The molecule has 0 bridgehead atoms. The number of methoxy groups -OCH3 is 1. The van der Waals surface area contributed by atoms with Crippen LogP contribution in [0.4, 0.5) is 0 Å². The van der Waals surface area contributed by atoms with E-state index in [0.29, 0.717) is 25.7 Å². The standard InChI is InChI=1S/C14H28N2O3/c1-17-8-9-18-11-13(16-15)12-4-7-19-14(10-12)5-2-3-6-14/h12-13,16H,2-11,15H2,1H3. The van der Waals surface area contributed by atoms with Crippen LogP contribution in [-0.4, -0.2) is 45.2 Å². The molecule has 2 fully saturated rings. The van der Waals surface area contributed by atoms with E-state index < -0.39 is 0 Å². The molecule has 112 valence electrons. The minimum absolute atomic E-state index is 0.143. The molecule has 1 saturated carbocycles. The van der Waals surface area contributed by atoms with Gasteiger partial charge in [-0.3, -0.25) is 11.3 Å². The topological polar surface area (TPSA) is 65.7 Å². The highest BCUT2D eigenvalue weighted by atomic mass is 16.5. The minimum Gasteiger partial charge on any atom is -0.382 e. The molecule has 3 N–H and O–H groups in total. The fourth-order valence-corrected chi connectivity index (χ4v) is 3.45. The third-order valence-electron chi connectivity index (χ3n) is 4.56. The number of hydrogen-bond donors (Lipinski definition) is 2. The van der Waals surface area contributed by atoms with Crippen molar-refractivity contribution in [2.45, 2.75) is 50.2 Å². The SMILES string of the molecule is COCCOCC(NN)C1CCOC2(CCCC2)C1. The van der Waals surface area contributed by atoms with E-state index in [1.165, 1.54) is 25.7 Å². The van der Waals surface area contributed by atoms with Crippen LogP contribution in [0.25, 0.3) is 0 Å². The van der Waals surface area contributed by atoms with Gasteiger partial charge in [0.05, 0.1) is 25.4 Å². The first-order chi connectivity index (χ1) is 9.29. The molecule has 1 aliphatic carbocycles. The maximum absolute atomic E-state index is 6.06. The maximum Gasteiger partial charge on any atom is 0.0701 e. The molecular formula is C14H28N2O3. The van der Waals surface area contributed by atoms with Gasteiger partial charge in [-0.25, -0.2) is 0 Å². The molecule has 1 spiro atoms. The lowest BCUT2D eigenvalue weighted by Crippen LogP contribution is -2.50. The summed E-state index contributed by atoms with van der Waals surface area (Å²) in [6.07, 6.45) is 7.23. The van der Waals surface area contributed by atoms with Crippen LogP contribution in [0.15, 0.2) is 0 Å². The Balaban J connectivity index is 1.80. The second-order valence-corrected chi connectivity index (χ2v) is 5.83. The highest BCUT2D eigenvalue weighted by molar-refractivity contribution is 4.93. The largest absolute Gasteiger partial charge is 0.382 e. The van der Waals surface area contributed by atoms with E-state index >= 15 is 0 Å². The quantitative estimate of drug-likeness (QED) is 0.414. The van der Waals surface area contributed by atoms with Crippen LogP contribution >= 0.6 is 0 Å². The maximum atomic E-state index is 6.06. The predicted octanol–water partition coefficient (Wildman–Crippen LogP) is 1.22.